The predicted molar refractivity (Wildman–Crippen MR) is 31.8 cm³/mol. The normalized spacial score (nSPS) is 25.1. The van der Waals surface area contributed by atoms with Crippen molar-refractivity contribution in [3.05, 3.63) is 0 Å². The maximum absolute atomic E-state index is 10.6. The van der Waals surface area contributed by atoms with Gasteiger partial charge < -0.3 is 5.32 Å². The van der Waals surface area contributed by atoms with Crippen LogP contribution in [-0.4, -0.2) is 26.0 Å². The molecule has 0 radical (unpaired) electrons. The maximum atomic E-state index is 10.6. The van der Waals surface area contributed by atoms with Crippen LogP contribution in [0.1, 0.15) is 6.42 Å². The van der Waals surface area contributed by atoms with Crippen molar-refractivity contribution >= 4 is 15.1 Å². The molecule has 9 heavy (non-hydrogen) atoms. The van der Waals surface area contributed by atoms with Gasteiger partial charge in [-0.1, -0.05) is 0 Å². The number of hydrogen-bond donors (Lipinski definition) is 1. The van der Waals surface area contributed by atoms with Crippen LogP contribution >= 0.6 is 0 Å². The largest absolute Gasteiger partial charge is 0.343 e. The summed E-state index contributed by atoms with van der Waals surface area (Å²) < 4.78 is 21.1. The summed E-state index contributed by atoms with van der Waals surface area (Å²) in [4.78, 5) is 10.4. The second-order valence-corrected chi connectivity index (χ2v) is 3.90. The zero-order valence-electron chi connectivity index (χ0n) is 4.75. The first kappa shape index (κ1) is 6.54. The average Bonchev–Trinajstić information content (AvgIpc) is 1.77. The van der Waals surface area contributed by atoms with Crippen molar-refractivity contribution in [2.75, 3.05) is 12.3 Å². The van der Waals surface area contributed by atoms with Gasteiger partial charge >= 0.3 is 5.24 Å². The monoisotopic (exact) mass is 149 g/mol. The zero-order valence-corrected chi connectivity index (χ0v) is 5.57. The van der Waals surface area contributed by atoms with Gasteiger partial charge in [0.2, 0.25) is 9.84 Å². The van der Waals surface area contributed by atoms with Gasteiger partial charge in [0.05, 0.1) is 5.75 Å². The molecule has 1 heterocycles. The van der Waals surface area contributed by atoms with E-state index in [2.05, 4.69) is 5.32 Å². The van der Waals surface area contributed by atoms with E-state index in [1.807, 2.05) is 0 Å². The van der Waals surface area contributed by atoms with Crippen molar-refractivity contribution in [1.82, 2.24) is 5.32 Å². The lowest BCUT2D eigenvalue weighted by molar-refractivity contribution is 0.257. The summed E-state index contributed by atoms with van der Waals surface area (Å²) in [5, 5.41) is 1.42. The number of sulfone groups is 1. The van der Waals surface area contributed by atoms with Crippen LogP contribution < -0.4 is 5.32 Å². The van der Waals surface area contributed by atoms with Gasteiger partial charge in [-0.3, -0.25) is 4.79 Å². The fourth-order valence-corrected chi connectivity index (χ4v) is 1.69. The molecular weight excluding hydrogens is 142 g/mol. The van der Waals surface area contributed by atoms with Crippen molar-refractivity contribution in [2.24, 2.45) is 0 Å². The van der Waals surface area contributed by atoms with E-state index < -0.39 is 15.1 Å². The third kappa shape index (κ3) is 1.21. The highest BCUT2D eigenvalue weighted by Gasteiger charge is 2.24. The molecule has 0 aromatic rings. The lowest BCUT2D eigenvalue weighted by Gasteiger charge is -2.10. The van der Waals surface area contributed by atoms with Crippen LogP contribution in [0.25, 0.3) is 0 Å². The molecule has 0 aromatic heterocycles. The maximum Gasteiger partial charge on any atom is 0.336 e. The van der Waals surface area contributed by atoms with E-state index in [4.69, 9.17) is 0 Å². The number of amides is 1. The summed E-state index contributed by atoms with van der Waals surface area (Å²) >= 11 is 0. The molecule has 0 aliphatic carbocycles. The highest BCUT2D eigenvalue weighted by Crippen LogP contribution is 1.99. The smallest absolute Gasteiger partial charge is 0.336 e. The van der Waals surface area contributed by atoms with Crippen molar-refractivity contribution in [2.45, 2.75) is 6.42 Å². The minimum atomic E-state index is -3.41. The molecule has 0 aromatic carbocycles. The fourth-order valence-electron chi connectivity index (χ4n) is 0.655. The summed E-state index contributed by atoms with van der Waals surface area (Å²) in [6.07, 6.45) is 0.536. The van der Waals surface area contributed by atoms with Gasteiger partial charge in [0, 0.05) is 6.54 Å². The van der Waals surface area contributed by atoms with E-state index in [9.17, 15) is 13.2 Å². The molecule has 0 spiro atoms. The molecule has 1 saturated heterocycles. The standard InChI is InChI=1S/C4H7NO3S/c6-4-5-2-1-3-9(4,7)8/h1-3H2,(H,5,6). The molecule has 0 bridgehead atoms. The molecule has 1 aliphatic rings. The van der Waals surface area contributed by atoms with E-state index in [-0.39, 0.29) is 5.75 Å². The van der Waals surface area contributed by atoms with Crippen LogP contribution in [0.3, 0.4) is 0 Å². The zero-order chi connectivity index (χ0) is 6.91. The number of rotatable bonds is 0. The Kier molecular flexibility index (Phi) is 1.44. The molecular formula is C4H7NO3S. The first-order valence-corrected chi connectivity index (χ1v) is 4.29. The number of nitrogens with one attached hydrogen (secondary N) is 1. The van der Waals surface area contributed by atoms with Gasteiger partial charge in [0.25, 0.3) is 0 Å². The van der Waals surface area contributed by atoms with Gasteiger partial charge in [-0.2, -0.15) is 0 Å². The third-order valence-corrected chi connectivity index (χ3v) is 2.68. The Morgan fingerprint density at radius 2 is 2.11 bits per heavy atom. The minimum absolute atomic E-state index is 0.00116. The Morgan fingerprint density at radius 3 is 2.44 bits per heavy atom. The molecule has 1 N–H and O–H groups in total. The average molecular weight is 149 g/mol. The molecule has 0 unspecified atom stereocenters. The van der Waals surface area contributed by atoms with E-state index in [1.54, 1.807) is 0 Å². The van der Waals surface area contributed by atoms with Gasteiger partial charge in [-0.05, 0) is 6.42 Å². The Hall–Kier alpha value is -0.580. The van der Waals surface area contributed by atoms with Crippen molar-refractivity contribution in [3.8, 4) is 0 Å². The van der Waals surface area contributed by atoms with Gasteiger partial charge in [-0.15, -0.1) is 0 Å². The topological polar surface area (TPSA) is 63.2 Å². The molecule has 1 fully saturated rings. The van der Waals surface area contributed by atoms with Gasteiger partial charge in [-0.25, -0.2) is 8.42 Å². The van der Waals surface area contributed by atoms with Crippen molar-refractivity contribution in [1.29, 1.82) is 0 Å². The second kappa shape index (κ2) is 1.98. The van der Waals surface area contributed by atoms with Gasteiger partial charge in [0.1, 0.15) is 0 Å². The molecule has 0 saturated carbocycles. The first-order chi connectivity index (χ1) is 4.13. The predicted octanol–water partition coefficient (Wildman–Crippen LogP) is -0.486. The Labute approximate surface area is 53.2 Å². The van der Waals surface area contributed by atoms with Crippen LogP contribution in [0.15, 0.2) is 0 Å². The van der Waals surface area contributed by atoms with Crippen LogP contribution in [0, 0.1) is 0 Å². The van der Waals surface area contributed by atoms with Crippen LogP contribution in [-0.2, 0) is 9.84 Å². The Balaban J connectivity index is 2.85. The minimum Gasteiger partial charge on any atom is -0.343 e. The fraction of sp³-hybridized carbons (Fsp3) is 0.750. The summed E-state index contributed by atoms with van der Waals surface area (Å²) in [5.41, 5.74) is 0. The molecule has 0 atom stereocenters. The number of carbonyl (C=O) groups is 1. The Bertz CT molecular complexity index is 218. The van der Waals surface area contributed by atoms with E-state index in [1.165, 1.54) is 0 Å². The van der Waals surface area contributed by atoms with Crippen LogP contribution in [0.2, 0.25) is 0 Å². The summed E-state index contributed by atoms with van der Waals surface area (Å²) in [6.45, 7) is 0.484. The SMILES string of the molecule is O=C1NCCCS1(=O)=O. The quantitative estimate of drug-likeness (QED) is 0.505. The summed E-state index contributed by atoms with van der Waals surface area (Å²) in [6, 6.07) is 0. The van der Waals surface area contributed by atoms with Crippen LogP contribution in [0.4, 0.5) is 4.79 Å². The molecule has 1 rings (SSSR count). The first-order valence-electron chi connectivity index (χ1n) is 2.63. The van der Waals surface area contributed by atoms with Crippen LogP contribution in [0.5, 0.6) is 0 Å². The van der Waals surface area contributed by atoms with E-state index >= 15 is 0 Å². The van der Waals surface area contributed by atoms with Crippen molar-refractivity contribution in [3.63, 3.8) is 0 Å². The molecule has 1 aliphatic heterocycles. The highest BCUT2D eigenvalue weighted by atomic mass is 32.2. The number of hydrogen-bond acceptors (Lipinski definition) is 3. The molecule has 5 heteroatoms. The number of carbonyl (C=O) groups excluding carboxylic acids is 1. The van der Waals surface area contributed by atoms with E-state index in [0.29, 0.717) is 13.0 Å². The summed E-state index contributed by atoms with van der Waals surface area (Å²) in [5.74, 6) is -0.00116. The van der Waals surface area contributed by atoms with Crippen molar-refractivity contribution < 1.29 is 13.2 Å². The third-order valence-electron chi connectivity index (χ3n) is 1.14. The van der Waals surface area contributed by atoms with E-state index in [0.717, 1.165) is 0 Å². The lowest BCUT2D eigenvalue weighted by atomic mass is 10.5. The lowest BCUT2D eigenvalue weighted by Crippen LogP contribution is -2.37. The highest BCUT2D eigenvalue weighted by molar-refractivity contribution is 8.06. The Morgan fingerprint density at radius 1 is 1.44 bits per heavy atom. The molecule has 4 nitrogen and oxygen atoms in total. The molecule has 52 valence electrons. The second-order valence-electron chi connectivity index (χ2n) is 1.89. The molecule has 1 amide bonds. The summed E-state index contributed by atoms with van der Waals surface area (Å²) in [7, 11) is -3.41. The van der Waals surface area contributed by atoms with Gasteiger partial charge in [0.15, 0.2) is 0 Å².